The van der Waals surface area contributed by atoms with Crippen molar-refractivity contribution < 1.29 is 43.2 Å². The van der Waals surface area contributed by atoms with Gasteiger partial charge in [0.05, 0.1) is 30.3 Å². The average molecular weight is 418 g/mol. The van der Waals surface area contributed by atoms with Crippen LogP contribution in [-0.4, -0.2) is 62.0 Å². The van der Waals surface area contributed by atoms with Crippen LogP contribution in [0.5, 0.6) is 0 Å². The van der Waals surface area contributed by atoms with E-state index in [2.05, 4.69) is 0 Å². The summed E-state index contributed by atoms with van der Waals surface area (Å²) in [4.78, 5) is 46.6. The fraction of sp³-hybridized carbons (Fsp3) is 0.800. The van der Waals surface area contributed by atoms with Gasteiger partial charge in [0, 0.05) is 6.61 Å². The van der Waals surface area contributed by atoms with Gasteiger partial charge in [-0.1, -0.05) is 6.92 Å². The quantitative estimate of drug-likeness (QED) is 0.242. The molecule has 9 heteroatoms. The van der Waals surface area contributed by atoms with Gasteiger partial charge in [-0.15, -0.1) is 0 Å². The van der Waals surface area contributed by atoms with E-state index in [0.29, 0.717) is 19.6 Å². The van der Waals surface area contributed by atoms with Gasteiger partial charge >= 0.3 is 23.9 Å². The van der Waals surface area contributed by atoms with Gasteiger partial charge < -0.3 is 24.1 Å². The third-order valence-electron chi connectivity index (χ3n) is 4.45. The molecule has 0 fully saturated rings. The number of hydrogen-bond acceptors (Lipinski definition) is 8. The summed E-state index contributed by atoms with van der Waals surface area (Å²) in [5, 5.41) is 8.50. The van der Waals surface area contributed by atoms with Gasteiger partial charge in [0.15, 0.2) is 0 Å². The Morgan fingerprint density at radius 2 is 1.34 bits per heavy atom. The molecule has 0 aromatic heterocycles. The molecule has 168 valence electrons. The lowest BCUT2D eigenvalue weighted by atomic mass is 9.72. The summed E-state index contributed by atoms with van der Waals surface area (Å²) in [5.41, 5.74) is -1.82. The van der Waals surface area contributed by atoms with Crippen molar-refractivity contribution in [3.05, 3.63) is 0 Å². The van der Waals surface area contributed by atoms with E-state index >= 15 is 0 Å². The molecule has 0 radical (unpaired) electrons. The maximum atomic E-state index is 12.5. The molecule has 1 atom stereocenters. The number of carbonyl (C=O) groups is 4. The molecular formula is C20H34O9. The fourth-order valence-corrected chi connectivity index (χ4v) is 2.67. The lowest BCUT2D eigenvalue weighted by molar-refractivity contribution is -0.166. The molecule has 0 bridgehead atoms. The average Bonchev–Trinajstić information content (AvgIpc) is 2.65. The Bertz CT molecular complexity index is 556. The van der Waals surface area contributed by atoms with Gasteiger partial charge in [0.2, 0.25) is 0 Å². The van der Waals surface area contributed by atoms with Gasteiger partial charge in [-0.3, -0.25) is 19.2 Å². The minimum Gasteiger partial charge on any atom is -0.481 e. The van der Waals surface area contributed by atoms with E-state index in [9.17, 15) is 19.2 Å². The van der Waals surface area contributed by atoms with E-state index in [1.54, 1.807) is 20.8 Å². The number of esters is 3. The van der Waals surface area contributed by atoms with Crippen LogP contribution in [-0.2, 0) is 38.1 Å². The molecule has 0 rings (SSSR count). The first-order valence-electron chi connectivity index (χ1n) is 9.78. The highest BCUT2D eigenvalue weighted by molar-refractivity contribution is 5.80. The van der Waals surface area contributed by atoms with Crippen molar-refractivity contribution in [1.82, 2.24) is 0 Å². The molecule has 0 saturated carbocycles. The molecule has 1 N–H and O–H groups in total. The minimum atomic E-state index is -1.09. The predicted molar refractivity (Wildman–Crippen MR) is 103 cm³/mol. The Morgan fingerprint density at radius 1 is 0.793 bits per heavy atom. The number of carbonyl (C=O) groups excluding carboxylic acids is 3. The van der Waals surface area contributed by atoms with Crippen LogP contribution in [0, 0.1) is 10.8 Å². The monoisotopic (exact) mass is 418 g/mol. The van der Waals surface area contributed by atoms with Crippen LogP contribution in [0.1, 0.15) is 60.3 Å². The number of ether oxygens (including phenoxy) is 4. The topological polar surface area (TPSA) is 125 Å². The Labute approximate surface area is 172 Å². The van der Waals surface area contributed by atoms with Crippen molar-refractivity contribution in [2.75, 3.05) is 33.0 Å². The molecule has 29 heavy (non-hydrogen) atoms. The summed E-state index contributed by atoms with van der Waals surface area (Å²) < 4.78 is 20.4. The van der Waals surface area contributed by atoms with Gasteiger partial charge in [-0.05, 0) is 40.5 Å². The molecule has 0 aromatic rings. The van der Waals surface area contributed by atoms with E-state index in [1.807, 2.05) is 13.8 Å². The van der Waals surface area contributed by atoms with Gasteiger partial charge in [-0.2, -0.15) is 0 Å². The third-order valence-corrected chi connectivity index (χ3v) is 4.45. The van der Waals surface area contributed by atoms with Crippen molar-refractivity contribution in [3.63, 3.8) is 0 Å². The first kappa shape index (κ1) is 26.8. The van der Waals surface area contributed by atoms with E-state index in [4.69, 9.17) is 24.1 Å². The molecule has 0 amide bonds. The maximum absolute atomic E-state index is 12.5. The Morgan fingerprint density at radius 3 is 1.90 bits per heavy atom. The van der Waals surface area contributed by atoms with Crippen molar-refractivity contribution in [1.29, 1.82) is 0 Å². The fourth-order valence-electron chi connectivity index (χ4n) is 2.67. The zero-order valence-electron chi connectivity index (χ0n) is 18.1. The summed E-state index contributed by atoms with van der Waals surface area (Å²) in [6, 6.07) is 0. The lowest BCUT2D eigenvalue weighted by Crippen LogP contribution is -2.39. The van der Waals surface area contributed by atoms with Crippen molar-refractivity contribution in [2.24, 2.45) is 10.8 Å². The zero-order chi connectivity index (χ0) is 22.5. The highest BCUT2D eigenvalue weighted by atomic mass is 16.6. The van der Waals surface area contributed by atoms with Crippen molar-refractivity contribution in [3.8, 4) is 0 Å². The van der Waals surface area contributed by atoms with Crippen LogP contribution >= 0.6 is 0 Å². The minimum absolute atomic E-state index is 0.150. The summed E-state index contributed by atoms with van der Waals surface area (Å²) in [5.74, 6) is -2.68. The molecule has 0 saturated heterocycles. The third kappa shape index (κ3) is 10.8. The van der Waals surface area contributed by atoms with Gasteiger partial charge in [0.1, 0.15) is 19.8 Å². The van der Waals surface area contributed by atoms with Gasteiger partial charge in [-0.25, -0.2) is 0 Å². The maximum Gasteiger partial charge on any atom is 0.311 e. The van der Waals surface area contributed by atoms with E-state index in [-0.39, 0.29) is 39.1 Å². The second-order valence-corrected chi connectivity index (χ2v) is 7.56. The summed E-state index contributed by atoms with van der Waals surface area (Å²) in [6.07, 6.45) is 0.149. The number of hydrogen-bond donors (Lipinski definition) is 1. The number of carboxylic acid groups (broad SMARTS) is 1. The van der Waals surface area contributed by atoms with E-state index in [0.717, 1.165) is 0 Å². The Balaban J connectivity index is 4.52. The molecule has 0 spiro atoms. The second kappa shape index (κ2) is 13.1. The molecule has 0 aliphatic rings. The zero-order valence-corrected chi connectivity index (χ0v) is 18.1. The molecule has 0 aliphatic heterocycles. The van der Waals surface area contributed by atoms with Crippen LogP contribution in [0.3, 0.4) is 0 Å². The Kier molecular flexibility index (Phi) is 12.2. The number of rotatable bonds is 15. The molecule has 9 nitrogen and oxygen atoms in total. The SMILES string of the molecule is CCOCCOC(=O)C(C)(CC)CC(C)(C)C(=O)OCCOC(=O)CCC(=O)O. The van der Waals surface area contributed by atoms with Crippen molar-refractivity contribution in [2.45, 2.75) is 60.3 Å². The van der Waals surface area contributed by atoms with E-state index < -0.39 is 34.7 Å². The normalized spacial score (nSPS) is 13.3. The summed E-state index contributed by atoms with van der Waals surface area (Å²) in [7, 11) is 0. The van der Waals surface area contributed by atoms with Gasteiger partial charge in [0.25, 0.3) is 0 Å². The highest BCUT2D eigenvalue weighted by Gasteiger charge is 2.42. The van der Waals surface area contributed by atoms with Crippen LogP contribution in [0.25, 0.3) is 0 Å². The molecule has 0 aromatic carbocycles. The molecule has 0 aliphatic carbocycles. The van der Waals surface area contributed by atoms with Crippen LogP contribution in [0.2, 0.25) is 0 Å². The lowest BCUT2D eigenvalue weighted by Gasteiger charge is -2.33. The number of aliphatic carboxylic acids is 1. The first-order chi connectivity index (χ1) is 13.5. The molecular weight excluding hydrogens is 384 g/mol. The Hall–Kier alpha value is -2.16. The number of carboxylic acids is 1. The first-order valence-corrected chi connectivity index (χ1v) is 9.78. The smallest absolute Gasteiger partial charge is 0.311 e. The molecule has 1 unspecified atom stereocenters. The predicted octanol–water partition coefficient (Wildman–Crippen LogP) is 2.35. The largest absolute Gasteiger partial charge is 0.481 e. The summed E-state index contributed by atoms with van der Waals surface area (Å²) >= 11 is 0. The van der Waals surface area contributed by atoms with E-state index in [1.165, 1.54) is 0 Å². The standard InChI is InChI=1S/C20H34O9/c1-6-20(5,18(25)29-11-10-26-7-2)14-19(3,4)17(24)28-13-12-27-16(23)9-8-15(21)22/h6-14H2,1-5H3,(H,21,22). The van der Waals surface area contributed by atoms with Crippen molar-refractivity contribution >= 4 is 23.9 Å². The second-order valence-electron chi connectivity index (χ2n) is 7.56. The molecule has 0 heterocycles. The summed E-state index contributed by atoms with van der Waals surface area (Å²) in [6.45, 7) is 9.49. The van der Waals surface area contributed by atoms with Crippen LogP contribution in [0.4, 0.5) is 0 Å². The van der Waals surface area contributed by atoms with Crippen LogP contribution in [0.15, 0.2) is 0 Å². The van der Waals surface area contributed by atoms with Crippen LogP contribution < -0.4 is 0 Å². The highest BCUT2D eigenvalue weighted by Crippen LogP contribution is 2.38.